The Morgan fingerprint density at radius 2 is 1.71 bits per heavy atom. The minimum Gasteiger partial charge on any atom is -0.406 e. The fourth-order valence-corrected chi connectivity index (χ4v) is 4.04. The molecule has 8 heteroatoms. The van der Waals surface area contributed by atoms with Gasteiger partial charge in [0.25, 0.3) is 0 Å². The van der Waals surface area contributed by atoms with E-state index in [2.05, 4.69) is 9.64 Å². The van der Waals surface area contributed by atoms with Crippen molar-refractivity contribution in [2.75, 3.05) is 18.0 Å². The molecular formula is C20H19F3N2O3. The molecule has 2 saturated heterocycles. The quantitative estimate of drug-likeness (QED) is 0.869. The topological polar surface area (TPSA) is 53.0 Å². The summed E-state index contributed by atoms with van der Waals surface area (Å²) < 4.78 is 40.7. The standard InChI is InChI=1S/C20H19F3N2O3/c21-20(22,23)28-15-8-6-14(7-9-15)25-18(26)16-11-24(12-17(16)19(25)27)10-13-4-2-1-3-5-13/h1-9,16-18,26H,10-12H2/t16-,17?,18?/m0/s1. The number of fused-ring (bicyclic) bond motifs is 1. The van der Waals surface area contributed by atoms with Crippen molar-refractivity contribution in [2.24, 2.45) is 11.8 Å². The van der Waals surface area contributed by atoms with Gasteiger partial charge in [0.2, 0.25) is 5.91 Å². The number of hydrogen-bond donors (Lipinski definition) is 1. The first-order chi connectivity index (χ1) is 13.3. The zero-order valence-corrected chi connectivity index (χ0v) is 14.8. The number of hydrogen-bond acceptors (Lipinski definition) is 4. The van der Waals surface area contributed by atoms with Crippen LogP contribution in [0.15, 0.2) is 54.6 Å². The van der Waals surface area contributed by atoms with Gasteiger partial charge in [-0.15, -0.1) is 13.2 Å². The Hall–Kier alpha value is -2.58. The highest BCUT2D eigenvalue weighted by Gasteiger charge is 2.52. The predicted molar refractivity (Wildman–Crippen MR) is 95.3 cm³/mol. The van der Waals surface area contributed by atoms with Gasteiger partial charge in [0.05, 0.1) is 5.92 Å². The van der Waals surface area contributed by atoms with Crippen LogP contribution in [0.2, 0.25) is 0 Å². The molecule has 2 unspecified atom stereocenters. The molecule has 3 atom stereocenters. The number of amides is 1. The minimum atomic E-state index is -4.77. The van der Waals surface area contributed by atoms with Gasteiger partial charge in [0.15, 0.2) is 0 Å². The normalized spacial score (nSPS) is 25.2. The summed E-state index contributed by atoms with van der Waals surface area (Å²) in [5, 5.41) is 10.7. The summed E-state index contributed by atoms with van der Waals surface area (Å²) in [5.74, 6) is -1.14. The number of alkyl halides is 3. The fraction of sp³-hybridized carbons (Fsp3) is 0.350. The molecule has 1 N–H and O–H groups in total. The van der Waals surface area contributed by atoms with Gasteiger partial charge in [0, 0.05) is 31.2 Å². The second-order valence-electron chi connectivity index (χ2n) is 7.11. The molecule has 5 nitrogen and oxygen atoms in total. The number of rotatable bonds is 4. The first kappa shape index (κ1) is 18.8. The largest absolute Gasteiger partial charge is 0.573 e. The molecule has 0 saturated carbocycles. The molecule has 2 aromatic carbocycles. The van der Waals surface area contributed by atoms with Gasteiger partial charge in [-0.05, 0) is 29.8 Å². The van der Waals surface area contributed by atoms with E-state index >= 15 is 0 Å². The van der Waals surface area contributed by atoms with E-state index in [1.807, 2.05) is 30.3 Å². The van der Waals surface area contributed by atoms with Crippen molar-refractivity contribution in [2.45, 2.75) is 19.1 Å². The number of benzene rings is 2. The number of nitrogens with zero attached hydrogens (tertiary/aromatic N) is 2. The number of carbonyl (C=O) groups excluding carboxylic acids is 1. The van der Waals surface area contributed by atoms with Crippen molar-refractivity contribution in [1.29, 1.82) is 0 Å². The minimum absolute atomic E-state index is 0.211. The number of carbonyl (C=O) groups is 1. The highest BCUT2D eigenvalue weighted by Crippen LogP contribution is 2.39. The van der Waals surface area contributed by atoms with Crippen LogP contribution in [0.5, 0.6) is 5.75 Å². The average molecular weight is 392 g/mol. The van der Waals surface area contributed by atoms with Gasteiger partial charge < -0.3 is 9.84 Å². The maximum atomic E-state index is 12.8. The number of ether oxygens (including phenoxy) is 1. The number of halogens is 3. The average Bonchev–Trinajstić information content (AvgIpc) is 3.15. The summed E-state index contributed by atoms with van der Waals surface area (Å²) in [6.07, 6.45) is -5.78. The molecule has 0 spiro atoms. The summed E-state index contributed by atoms with van der Waals surface area (Å²) in [7, 11) is 0. The third-order valence-electron chi connectivity index (χ3n) is 5.24. The fourth-order valence-electron chi connectivity index (χ4n) is 4.04. The Morgan fingerprint density at radius 1 is 1.04 bits per heavy atom. The van der Waals surface area contributed by atoms with Crippen LogP contribution in [-0.2, 0) is 11.3 Å². The van der Waals surface area contributed by atoms with Crippen molar-refractivity contribution in [3.05, 3.63) is 60.2 Å². The van der Waals surface area contributed by atoms with Crippen molar-refractivity contribution < 1.29 is 27.8 Å². The lowest BCUT2D eigenvalue weighted by molar-refractivity contribution is -0.274. The lowest BCUT2D eigenvalue weighted by Crippen LogP contribution is -2.39. The Labute approximate surface area is 159 Å². The molecule has 0 aliphatic carbocycles. The summed E-state index contributed by atoms with van der Waals surface area (Å²) >= 11 is 0. The molecular weight excluding hydrogens is 373 g/mol. The molecule has 28 heavy (non-hydrogen) atoms. The summed E-state index contributed by atoms with van der Waals surface area (Å²) in [6.45, 7) is 1.83. The number of aliphatic hydroxyl groups is 1. The van der Waals surface area contributed by atoms with Crippen LogP contribution >= 0.6 is 0 Å². The number of aliphatic hydroxyl groups excluding tert-OH is 1. The van der Waals surface area contributed by atoms with Crippen molar-refractivity contribution in [1.82, 2.24) is 4.90 Å². The van der Waals surface area contributed by atoms with Gasteiger partial charge in [0.1, 0.15) is 12.0 Å². The second-order valence-corrected chi connectivity index (χ2v) is 7.11. The van der Waals surface area contributed by atoms with Crippen LogP contribution in [0.4, 0.5) is 18.9 Å². The Kier molecular flexibility index (Phi) is 4.76. The maximum Gasteiger partial charge on any atom is 0.573 e. The molecule has 2 heterocycles. The molecule has 2 aromatic rings. The smallest absolute Gasteiger partial charge is 0.406 e. The van der Waals surface area contributed by atoms with E-state index in [-0.39, 0.29) is 23.5 Å². The lowest BCUT2D eigenvalue weighted by atomic mass is 9.99. The van der Waals surface area contributed by atoms with E-state index in [0.717, 1.165) is 17.7 Å². The Morgan fingerprint density at radius 3 is 2.32 bits per heavy atom. The molecule has 4 rings (SSSR count). The van der Waals surface area contributed by atoms with Crippen LogP contribution in [-0.4, -0.2) is 41.6 Å². The SMILES string of the molecule is O=C1C2CN(Cc3ccccc3)C[C@@H]2C(O)N1c1ccc(OC(F)(F)F)cc1. The van der Waals surface area contributed by atoms with Gasteiger partial charge >= 0.3 is 6.36 Å². The van der Waals surface area contributed by atoms with E-state index < -0.39 is 12.6 Å². The molecule has 2 aliphatic heterocycles. The van der Waals surface area contributed by atoms with Crippen LogP contribution in [0.3, 0.4) is 0 Å². The molecule has 148 valence electrons. The molecule has 0 bridgehead atoms. The monoisotopic (exact) mass is 392 g/mol. The van der Waals surface area contributed by atoms with E-state index in [1.54, 1.807) is 0 Å². The summed E-state index contributed by atoms with van der Waals surface area (Å²) in [6, 6.07) is 14.9. The second kappa shape index (κ2) is 7.10. The van der Waals surface area contributed by atoms with E-state index in [9.17, 15) is 23.1 Å². The third-order valence-corrected chi connectivity index (χ3v) is 5.24. The van der Waals surface area contributed by atoms with E-state index in [4.69, 9.17) is 0 Å². The molecule has 2 fully saturated rings. The van der Waals surface area contributed by atoms with Crippen LogP contribution < -0.4 is 9.64 Å². The molecule has 1 amide bonds. The zero-order valence-electron chi connectivity index (χ0n) is 14.8. The van der Waals surface area contributed by atoms with E-state index in [0.29, 0.717) is 25.3 Å². The maximum absolute atomic E-state index is 12.8. The van der Waals surface area contributed by atoms with Crippen molar-refractivity contribution in [3.63, 3.8) is 0 Å². The van der Waals surface area contributed by atoms with Gasteiger partial charge in [-0.1, -0.05) is 30.3 Å². The first-order valence-electron chi connectivity index (χ1n) is 8.95. The Balaban J connectivity index is 1.44. The zero-order chi connectivity index (χ0) is 19.9. The Bertz CT molecular complexity index is 842. The van der Waals surface area contributed by atoms with Crippen LogP contribution in [0.25, 0.3) is 0 Å². The van der Waals surface area contributed by atoms with E-state index in [1.165, 1.54) is 17.0 Å². The lowest BCUT2D eigenvalue weighted by Gasteiger charge is -2.26. The number of likely N-dealkylation sites (tertiary alicyclic amines) is 1. The van der Waals surface area contributed by atoms with Crippen LogP contribution in [0.1, 0.15) is 5.56 Å². The predicted octanol–water partition coefficient (Wildman–Crippen LogP) is 3.00. The highest BCUT2D eigenvalue weighted by molar-refractivity contribution is 5.98. The molecule has 0 aromatic heterocycles. The summed E-state index contributed by atoms with van der Waals surface area (Å²) in [4.78, 5) is 16.3. The first-order valence-corrected chi connectivity index (χ1v) is 8.95. The van der Waals surface area contributed by atoms with Gasteiger partial charge in [-0.2, -0.15) is 0 Å². The number of anilines is 1. The van der Waals surface area contributed by atoms with Gasteiger partial charge in [-0.25, -0.2) is 0 Å². The molecule has 2 aliphatic rings. The third kappa shape index (κ3) is 3.70. The molecule has 0 radical (unpaired) electrons. The van der Waals surface area contributed by atoms with Crippen molar-refractivity contribution in [3.8, 4) is 5.75 Å². The summed E-state index contributed by atoms with van der Waals surface area (Å²) in [5.41, 5.74) is 1.50. The van der Waals surface area contributed by atoms with Crippen LogP contribution in [0, 0.1) is 11.8 Å². The highest BCUT2D eigenvalue weighted by atomic mass is 19.4. The van der Waals surface area contributed by atoms with Crippen molar-refractivity contribution >= 4 is 11.6 Å². The van der Waals surface area contributed by atoms with Gasteiger partial charge in [-0.3, -0.25) is 14.6 Å².